The zero-order chi connectivity index (χ0) is 18.5. The van der Waals surface area contributed by atoms with Gasteiger partial charge in [-0.05, 0) is 65.7 Å². The van der Waals surface area contributed by atoms with E-state index < -0.39 is 0 Å². The normalized spacial score (nSPS) is 17.6. The van der Waals surface area contributed by atoms with Crippen molar-refractivity contribution < 1.29 is 4.79 Å². The van der Waals surface area contributed by atoms with Crippen molar-refractivity contribution in [3.63, 3.8) is 0 Å². The molecular weight excluding hydrogens is 342 g/mol. The van der Waals surface area contributed by atoms with Crippen molar-refractivity contribution in [3.05, 3.63) is 60.7 Å². The van der Waals surface area contributed by atoms with Crippen molar-refractivity contribution in [2.75, 3.05) is 18.4 Å². The highest BCUT2D eigenvalue weighted by Gasteiger charge is 2.26. The zero-order valence-electron chi connectivity index (χ0n) is 14.9. The van der Waals surface area contributed by atoms with Gasteiger partial charge < -0.3 is 5.32 Å². The van der Waals surface area contributed by atoms with Gasteiger partial charge in [0.2, 0.25) is 5.91 Å². The molecule has 27 heavy (non-hydrogen) atoms. The van der Waals surface area contributed by atoms with Gasteiger partial charge in [0.05, 0.1) is 11.6 Å². The first kappa shape index (κ1) is 17.3. The van der Waals surface area contributed by atoms with Gasteiger partial charge in [-0.25, -0.2) is 4.68 Å². The summed E-state index contributed by atoms with van der Waals surface area (Å²) in [4.78, 5) is 19.2. The minimum Gasteiger partial charge on any atom is -0.326 e. The lowest BCUT2D eigenvalue weighted by Crippen LogP contribution is -2.40. The maximum absolute atomic E-state index is 12.8. The predicted octanol–water partition coefficient (Wildman–Crippen LogP) is 1.91. The monoisotopic (exact) mass is 363 g/mol. The van der Waals surface area contributed by atoms with E-state index in [1.165, 1.54) is 11.9 Å². The van der Waals surface area contributed by atoms with E-state index in [1.807, 2.05) is 36.4 Å². The van der Waals surface area contributed by atoms with Crippen LogP contribution in [0.2, 0.25) is 0 Å². The fourth-order valence-electron chi connectivity index (χ4n) is 3.41. The van der Waals surface area contributed by atoms with E-state index in [2.05, 4.69) is 30.7 Å². The highest BCUT2D eigenvalue weighted by molar-refractivity contribution is 5.93. The summed E-state index contributed by atoms with van der Waals surface area (Å²) in [7, 11) is 0. The van der Waals surface area contributed by atoms with E-state index >= 15 is 0 Å². The minimum absolute atomic E-state index is 0.0164. The van der Waals surface area contributed by atoms with E-state index in [-0.39, 0.29) is 11.8 Å². The number of carbonyl (C=O) groups is 1. The fourth-order valence-corrected chi connectivity index (χ4v) is 3.41. The maximum atomic E-state index is 12.8. The number of carbonyl (C=O) groups excluding carboxylic acids is 1. The van der Waals surface area contributed by atoms with Gasteiger partial charge in [0.25, 0.3) is 0 Å². The second kappa shape index (κ2) is 8.05. The zero-order valence-corrected chi connectivity index (χ0v) is 14.9. The number of hydrogen-bond donors (Lipinski definition) is 1. The average Bonchev–Trinajstić information content (AvgIpc) is 3.24. The van der Waals surface area contributed by atoms with Crippen LogP contribution in [0, 0.1) is 5.92 Å². The molecule has 0 saturated carbocycles. The molecule has 1 amide bonds. The van der Waals surface area contributed by atoms with Gasteiger partial charge in [-0.15, -0.1) is 5.10 Å². The molecule has 4 rings (SSSR count). The Morgan fingerprint density at radius 1 is 1.22 bits per heavy atom. The molecule has 0 aliphatic carbocycles. The summed E-state index contributed by atoms with van der Waals surface area (Å²) in [6, 6.07) is 11.6. The Morgan fingerprint density at radius 3 is 2.93 bits per heavy atom. The van der Waals surface area contributed by atoms with Crippen molar-refractivity contribution in [2.45, 2.75) is 19.4 Å². The molecular formula is C19H21N7O. The molecule has 138 valence electrons. The molecule has 3 aromatic rings. The molecule has 1 aliphatic rings. The Hall–Kier alpha value is -3.13. The summed E-state index contributed by atoms with van der Waals surface area (Å²) in [5.74, 6) is 0.0422. The van der Waals surface area contributed by atoms with Crippen LogP contribution in [0.3, 0.4) is 0 Å². The number of rotatable bonds is 5. The van der Waals surface area contributed by atoms with Crippen molar-refractivity contribution in [1.29, 1.82) is 0 Å². The highest BCUT2D eigenvalue weighted by Crippen LogP contribution is 2.21. The summed E-state index contributed by atoms with van der Waals surface area (Å²) in [5, 5.41) is 14.2. The first-order valence-corrected chi connectivity index (χ1v) is 9.03. The topological polar surface area (TPSA) is 88.8 Å². The van der Waals surface area contributed by atoms with Crippen LogP contribution < -0.4 is 5.32 Å². The van der Waals surface area contributed by atoms with Crippen molar-refractivity contribution >= 4 is 11.6 Å². The Kier molecular flexibility index (Phi) is 5.15. The molecule has 3 heterocycles. The molecule has 1 unspecified atom stereocenters. The molecule has 0 radical (unpaired) electrons. The highest BCUT2D eigenvalue weighted by atomic mass is 16.1. The Balaban J connectivity index is 1.38. The molecule has 1 atom stereocenters. The maximum Gasteiger partial charge on any atom is 0.228 e. The lowest BCUT2D eigenvalue weighted by Gasteiger charge is -2.32. The molecule has 1 aromatic carbocycles. The summed E-state index contributed by atoms with van der Waals surface area (Å²) >= 11 is 0. The van der Waals surface area contributed by atoms with Gasteiger partial charge >= 0.3 is 0 Å². The second-order valence-corrected chi connectivity index (χ2v) is 6.72. The van der Waals surface area contributed by atoms with Gasteiger partial charge in [0.1, 0.15) is 6.33 Å². The SMILES string of the molecule is O=C(Nc1cccc(-n2cnnn2)c1)C1CCCN(Cc2ccncc2)C1. The van der Waals surface area contributed by atoms with Crippen LogP contribution in [-0.4, -0.2) is 49.1 Å². The smallest absolute Gasteiger partial charge is 0.228 e. The average molecular weight is 363 g/mol. The van der Waals surface area contributed by atoms with E-state index in [4.69, 9.17) is 0 Å². The van der Waals surface area contributed by atoms with Crippen molar-refractivity contribution in [3.8, 4) is 5.69 Å². The summed E-state index contributed by atoms with van der Waals surface area (Å²) in [5.41, 5.74) is 2.78. The third-order valence-corrected chi connectivity index (χ3v) is 4.76. The van der Waals surface area contributed by atoms with E-state index in [9.17, 15) is 4.79 Å². The quantitative estimate of drug-likeness (QED) is 0.745. The van der Waals surface area contributed by atoms with Crippen LogP contribution in [0.4, 0.5) is 5.69 Å². The third kappa shape index (κ3) is 4.35. The lowest BCUT2D eigenvalue weighted by atomic mass is 9.96. The van der Waals surface area contributed by atoms with Crippen molar-refractivity contribution in [2.24, 2.45) is 5.92 Å². The predicted molar refractivity (Wildman–Crippen MR) is 100 cm³/mol. The van der Waals surface area contributed by atoms with E-state index in [0.717, 1.165) is 43.9 Å². The summed E-state index contributed by atoms with van der Waals surface area (Å²) in [6.07, 6.45) is 7.07. The third-order valence-electron chi connectivity index (χ3n) is 4.76. The number of likely N-dealkylation sites (tertiary alicyclic amines) is 1. The molecule has 2 aromatic heterocycles. The van der Waals surface area contributed by atoms with Crippen LogP contribution in [0.15, 0.2) is 55.1 Å². The van der Waals surface area contributed by atoms with Gasteiger partial charge in [-0.1, -0.05) is 6.07 Å². The van der Waals surface area contributed by atoms with Crippen LogP contribution in [-0.2, 0) is 11.3 Å². The van der Waals surface area contributed by atoms with Gasteiger partial charge in [-0.2, -0.15) is 0 Å². The summed E-state index contributed by atoms with van der Waals surface area (Å²) < 4.78 is 1.56. The van der Waals surface area contributed by atoms with Crippen LogP contribution in [0.5, 0.6) is 0 Å². The van der Waals surface area contributed by atoms with Crippen LogP contribution in [0.25, 0.3) is 5.69 Å². The number of nitrogens with zero attached hydrogens (tertiary/aromatic N) is 6. The van der Waals surface area contributed by atoms with Gasteiger partial charge in [0.15, 0.2) is 0 Å². The van der Waals surface area contributed by atoms with Crippen molar-refractivity contribution in [1.82, 2.24) is 30.1 Å². The number of hydrogen-bond acceptors (Lipinski definition) is 6. The number of benzene rings is 1. The number of nitrogens with one attached hydrogen (secondary N) is 1. The number of aromatic nitrogens is 5. The molecule has 8 heteroatoms. The van der Waals surface area contributed by atoms with Crippen LogP contribution in [0.1, 0.15) is 18.4 Å². The molecule has 8 nitrogen and oxygen atoms in total. The number of tetrazole rings is 1. The number of piperidine rings is 1. The van der Waals surface area contributed by atoms with Gasteiger partial charge in [-0.3, -0.25) is 14.7 Å². The van der Waals surface area contributed by atoms with Crippen LogP contribution >= 0.6 is 0 Å². The van der Waals surface area contributed by atoms with E-state index in [1.54, 1.807) is 17.1 Å². The molecule has 1 saturated heterocycles. The minimum atomic E-state index is -0.0164. The van der Waals surface area contributed by atoms with E-state index in [0.29, 0.717) is 0 Å². The Bertz CT molecular complexity index is 882. The second-order valence-electron chi connectivity index (χ2n) is 6.72. The van der Waals surface area contributed by atoms with Gasteiger partial charge in [0, 0.05) is 31.2 Å². The molecule has 1 fully saturated rings. The number of pyridine rings is 1. The molecule has 1 N–H and O–H groups in total. The Labute approximate surface area is 157 Å². The molecule has 0 spiro atoms. The number of anilines is 1. The lowest BCUT2D eigenvalue weighted by molar-refractivity contribution is -0.121. The first-order chi connectivity index (χ1) is 13.3. The Morgan fingerprint density at radius 2 is 2.11 bits per heavy atom. The molecule has 1 aliphatic heterocycles. The number of amides is 1. The summed E-state index contributed by atoms with van der Waals surface area (Å²) in [6.45, 7) is 2.63. The largest absolute Gasteiger partial charge is 0.326 e. The fraction of sp³-hybridized carbons (Fsp3) is 0.316. The first-order valence-electron chi connectivity index (χ1n) is 9.03. The molecule has 0 bridgehead atoms. The standard InChI is InChI=1S/C19H21N7O/c27-19(22-17-4-1-5-18(11-17)26-14-21-23-24-26)16-3-2-10-25(13-16)12-15-6-8-20-9-7-15/h1,4-9,11,14,16H,2-3,10,12-13H2,(H,22,27).